The summed E-state index contributed by atoms with van der Waals surface area (Å²) in [6, 6.07) is 0. The van der Waals surface area contributed by atoms with Gasteiger partial charge in [-0.1, -0.05) is 6.92 Å². The van der Waals surface area contributed by atoms with Crippen molar-refractivity contribution in [3.8, 4) is 0 Å². The van der Waals surface area contributed by atoms with Gasteiger partial charge in [0.1, 0.15) is 12.1 Å². The smallest absolute Gasteiger partial charge is 0.328 e. The number of ether oxygens (including phenoxy) is 1. The molecule has 0 bridgehead atoms. The molecule has 88 valence electrons. The number of carbonyl (C=O) groups is 1. The molecule has 5 nitrogen and oxygen atoms in total. The second-order valence-corrected chi connectivity index (χ2v) is 4.21. The Morgan fingerprint density at radius 3 is 2.53 bits per heavy atom. The number of carbonyl (C=O) groups excluding carboxylic acids is 1. The molecule has 0 fully saturated rings. The molecule has 0 spiro atoms. The number of hydrogen-bond donors (Lipinski definition) is 2. The molecule has 0 rings (SSSR count). The third kappa shape index (κ3) is 9.05. The lowest BCUT2D eigenvalue weighted by atomic mass is 10.2. The van der Waals surface area contributed by atoms with Crippen LogP contribution in [0.2, 0.25) is 0 Å². The maximum absolute atomic E-state index is 11.2. The van der Waals surface area contributed by atoms with Crippen LogP contribution in [0.15, 0.2) is 4.99 Å². The molecule has 0 aromatic carbocycles. The minimum atomic E-state index is -0.474. The first-order valence-electron chi connectivity index (χ1n) is 5.11. The summed E-state index contributed by atoms with van der Waals surface area (Å²) in [5.41, 5.74) is 5.03. The van der Waals surface area contributed by atoms with E-state index >= 15 is 0 Å². The van der Waals surface area contributed by atoms with Gasteiger partial charge in [0.25, 0.3) is 0 Å². The van der Waals surface area contributed by atoms with Crippen LogP contribution in [0.25, 0.3) is 0 Å². The summed E-state index contributed by atoms with van der Waals surface area (Å²) in [5, 5.41) is 2.87. The number of nitrogens with one attached hydrogen (secondary N) is 1. The molecule has 0 aromatic rings. The molecular weight excluding hydrogens is 194 g/mol. The standard InChI is InChI=1S/C10H21N3O2/c1-5-6-12-9(11)13-7-8(14)15-10(2,3)4/h5-7H2,1-4H3,(H3,11,12,13). The topological polar surface area (TPSA) is 76.7 Å². The molecular formula is C10H21N3O2. The van der Waals surface area contributed by atoms with Crippen LogP contribution in [0.3, 0.4) is 0 Å². The maximum atomic E-state index is 11.2. The number of rotatable bonds is 4. The van der Waals surface area contributed by atoms with Gasteiger partial charge < -0.3 is 15.8 Å². The van der Waals surface area contributed by atoms with E-state index in [1.807, 2.05) is 27.7 Å². The number of esters is 1. The van der Waals surface area contributed by atoms with Crippen molar-refractivity contribution < 1.29 is 9.53 Å². The summed E-state index contributed by atoms with van der Waals surface area (Å²) in [6.45, 7) is 8.17. The molecule has 15 heavy (non-hydrogen) atoms. The number of nitrogens with two attached hydrogens (primary N) is 1. The highest BCUT2D eigenvalue weighted by Gasteiger charge is 2.15. The average Bonchev–Trinajstić information content (AvgIpc) is 2.08. The first-order valence-corrected chi connectivity index (χ1v) is 5.11. The van der Waals surface area contributed by atoms with Gasteiger partial charge in [-0.05, 0) is 27.2 Å². The van der Waals surface area contributed by atoms with Crippen molar-refractivity contribution in [1.82, 2.24) is 5.32 Å². The molecule has 0 saturated carbocycles. The van der Waals surface area contributed by atoms with E-state index < -0.39 is 5.60 Å². The molecule has 0 unspecified atom stereocenters. The molecule has 0 aliphatic rings. The first kappa shape index (κ1) is 13.7. The van der Waals surface area contributed by atoms with Crippen LogP contribution in [-0.2, 0) is 9.53 Å². The summed E-state index contributed by atoms with van der Waals surface area (Å²) in [4.78, 5) is 15.1. The Balaban J connectivity index is 3.88. The monoisotopic (exact) mass is 215 g/mol. The zero-order chi connectivity index (χ0) is 11.9. The highest BCUT2D eigenvalue weighted by molar-refractivity contribution is 5.81. The second kappa shape index (κ2) is 6.27. The molecule has 0 amide bonds. The normalized spacial score (nSPS) is 12.4. The van der Waals surface area contributed by atoms with Gasteiger partial charge in [-0.2, -0.15) is 0 Å². The van der Waals surface area contributed by atoms with Crippen LogP contribution in [-0.4, -0.2) is 30.6 Å². The van der Waals surface area contributed by atoms with Gasteiger partial charge in [0.2, 0.25) is 0 Å². The molecule has 0 radical (unpaired) electrons. The SMILES string of the molecule is CCCNC(N)=NCC(=O)OC(C)(C)C. The summed E-state index contributed by atoms with van der Waals surface area (Å²) in [7, 11) is 0. The summed E-state index contributed by atoms with van der Waals surface area (Å²) in [6.07, 6.45) is 0.961. The van der Waals surface area contributed by atoms with Gasteiger partial charge in [-0.3, -0.25) is 4.79 Å². The Labute approximate surface area is 91.1 Å². The first-order chi connectivity index (χ1) is 6.85. The number of hydrogen-bond acceptors (Lipinski definition) is 3. The highest BCUT2D eigenvalue weighted by atomic mass is 16.6. The zero-order valence-corrected chi connectivity index (χ0v) is 9.96. The van der Waals surface area contributed by atoms with E-state index in [0.29, 0.717) is 0 Å². The summed E-state index contributed by atoms with van der Waals surface area (Å²) >= 11 is 0. The third-order valence-corrected chi connectivity index (χ3v) is 1.35. The van der Waals surface area contributed by atoms with E-state index in [9.17, 15) is 4.79 Å². The molecule has 3 N–H and O–H groups in total. The zero-order valence-electron chi connectivity index (χ0n) is 9.96. The predicted molar refractivity (Wildman–Crippen MR) is 60.6 cm³/mol. The predicted octanol–water partition coefficient (Wildman–Crippen LogP) is 0.642. The molecule has 0 aromatic heterocycles. The minimum absolute atomic E-state index is 0.0418. The van der Waals surface area contributed by atoms with Gasteiger partial charge in [0.15, 0.2) is 5.96 Å². The highest BCUT2D eigenvalue weighted by Crippen LogP contribution is 2.06. The van der Waals surface area contributed by atoms with E-state index in [-0.39, 0.29) is 18.5 Å². The van der Waals surface area contributed by atoms with Gasteiger partial charge in [0, 0.05) is 6.54 Å². The van der Waals surface area contributed by atoms with Crippen molar-refractivity contribution in [1.29, 1.82) is 0 Å². The van der Waals surface area contributed by atoms with Crippen LogP contribution in [0.5, 0.6) is 0 Å². The van der Waals surface area contributed by atoms with Crippen molar-refractivity contribution in [3.05, 3.63) is 0 Å². The summed E-state index contributed by atoms with van der Waals surface area (Å²) in [5.74, 6) is -0.0912. The van der Waals surface area contributed by atoms with Crippen LogP contribution in [0.1, 0.15) is 34.1 Å². The second-order valence-electron chi connectivity index (χ2n) is 4.21. The number of aliphatic imine (C=N–C) groups is 1. The van der Waals surface area contributed by atoms with Crippen molar-refractivity contribution in [2.75, 3.05) is 13.1 Å². The largest absolute Gasteiger partial charge is 0.459 e. The van der Waals surface area contributed by atoms with Crippen LogP contribution >= 0.6 is 0 Å². The van der Waals surface area contributed by atoms with Crippen LogP contribution in [0, 0.1) is 0 Å². The van der Waals surface area contributed by atoms with E-state index in [4.69, 9.17) is 10.5 Å². The van der Waals surface area contributed by atoms with Gasteiger partial charge in [0.05, 0.1) is 0 Å². The van der Waals surface area contributed by atoms with E-state index in [1.165, 1.54) is 0 Å². The molecule has 0 saturated heterocycles. The lowest BCUT2D eigenvalue weighted by molar-refractivity contribution is -0.152. The van der Waals surface area contributed by atoms with Crippen molar-refractivity contribution >= 4 is 11.9 Å². The fourth-order valence-electron chi connectivity index (χ4n) is 0.832. The fourth-order valence-corrected chi connectivity index (χ4v) is 0.832. The van der Waals surface area contributed by atoms with E-state index in [2.05, 4.69) is 10.3 Å². The Kier molecular flexibility index (Phi) is 5.74. The van der Waals surface area contributed by atoms with Crippen molar-refractivity contribution in [3.63, 3.8) is 0 Å². The van der Waals surface area contributed by atoms with Crippen molar-refractivity contribution in [2.45, 2.75) is 39.7 Å². The van der Waals surface area contributed by atoms with Crippen LogP contribution in [0.4, 0.5) is 0 Å². The van der Waals surface area contributed by atoms with E-state index in [1.54, 1.807) is 0 Å². The number of guanidine groups is 1. The molecule has 0 heterocycles. The number of nitrogens with zero attached hydrogens (tertiary/aromatic N) is 1. The quantitative estimate of drug-likeness (QED) is 0.410. The Morgan fingerprint density at radius 2 is 2.07 bits per heavy atom. The van der Waals surface area contributed by atoms with Gasteiger partial charge in [-0.15, -0.1) is 0 Å². The third-order valence-electron chi connectivity index (χ3n) is 1.35. The van der Waals surface area contributed by atoms with Gasteiger partial charge in [-0.25, -0.2) is 4.99 Å². The maximum Gasteiger partial charge on any atom is 0.328 e. The summed E-state index contributed by atoms with van der Waals surface area (Å²) < 4.78 is 5.06. The minimum Gasteiger partial charge on any atom is -0.459 e. The van der Waals surface area contributed by atoms with Crippen LogP contribution < -0.4 is 11.1 Å². The molecule has 0 atom stereocenters. The Morgan fingerprint density at radius 1 is 1.47 bits per heavy atom. The Hall–Kier alpha value is -1.26. The fraction of sp³-hybridized carbons (Fsp3) is 0.800. The van der Waals surface area contributed by atoms with Crippen molar-refractivity contribution in [2.24, 2.45) is 10.7 Å². The molecule has 0 aliphatic carbocycles. The molecule has 5 heteroatoms. The van der Waals surface area contributed by atoms with Gasteiger partial charge >= 0.3 is 5.97 Å². The lowest BCUT2D eigenvalue weighted by Crippen LogP contribution is -2.33. The molecule has 0 aliphatic heterocycles. The van der Waals surface area contributed by atoms with E-state index in [0.717, 1.165) is 13.0 Å². The Bertz CT molecular complexity index is 231. The lowest BCUT2D eigenvalue weighted by Gasteiger charge is -2.18. The average molecular weight is 215 g/mol.